The smallest absolute Gasteiger partial charge is 0.326 e. The van der Waals surface area contributed by atoms with Crippen LogP contribution >= 0.6 is 0 Å². The lowest BCUT2D eigenvalue weighted by molar-refractivity contribution is -0.142. The summed E-state index contributed by atoms with van der Waals surface area (Å²) in [5.41, 5.74) is 2.39. The number of amides is 1. The predicted molar refractivity (Wildman–Crippen MR) is 67.2 cm³/mol. The molecule has 0 saturated heterocycles. The van der Waals surface area contributed by atoms with Crippen LogP contribution in [0, 0.1) is 5.92 Å². The molecule has 1 aromatic carbocycles. The summed E-state index contributed by atoms with van der Waals surface area (Å²) >= 11 is 0. The molecule has 4 nitrogen and oxygen atoms in total. The Morgan fingerprint density at radius 1 is 1.33 bits per heavy atom. The molecule has 2 N–H and O–H groups in total. The molecule has 0 radical (unpaired) electrons. The molecule has 0 heterocycles. The van der Waals surface area contributed by atoms with Crippen molar-refractivity contribution in [3.8, 4) is 0 Å². The van der Waals surface area contributed by atoms with Crippen LogP contribution in [0.4, 0.5) is 0 Å². The van der Waals surface area contributed by atoms with E-state index in [1.807, 2.05) is 24.3 Å². The summed E-state index contributed by atoms with van der Waals surface area (Å²) in [6.07, 6.45) is 1.82. The van der Waals surface area contributed by atoms with Gasteiger partial charge in [-0.1, -0.05) is 31.2 Å². The maximum atomic E-state index is 12.0. The van der Waals surface area contributed by atoms with E-state index in [-0.39, 0.29) is 11.8 Å². The average molecular weight is 247 g/mol. The minimum absolute atomic E-state index is 0.129. The molecular weight excluding hydrogens is 230 g/mol. The van der Waals surface area contributed by atoms with Gasteiger partial charge in [-0.25, -0.2) is 4.79 Å². The predicted octanol–water partition coefficient (Wildman–Crippen LogP) is 1.38. The molecule has 1 aromatic rings. The number of nitrogens with one attached hydrogen (secondary N) is 1. The molecule has 1 aliphatic rings. The lowest BCUT2D eigenvalue weighted by Crippen LogP contribution is -2.43. The van der Waals surface area contributed by atoms with Crippen LogP contribution in [-0.4, -0.2) is 23.0 Å². The number of carbonyl (C=O) groups excluding carboxylic acids is 1. The zero-order valence-corrected chi connectivity index (χ0v) is 10.3. The van der Waals surface area contributed by atoms with Crippen LogP contribution < -0.4 is 5.32 Å². The van der Waals surface area contributed by atoms with Gasteiger partial charge in [0.15, 0.2) is 0 Å². The zero-order chi connectivity index (χ0) is 13.1. The van der Waals surface area contributed by atoms with Gasteiger partial charge in [0.25, 0.3) is 0 Å². The Hall–Kier alpha value is -1.84. The molecule has 18 heavy (non-hydrogen) atoms. The molecule has 2 rings (SSSR count). The standard InChI is InChI=1S/C14H17NO3/c1-2-12(14(17)18)15-13(16)11-7-9-5-3-4-6-10(9)8-11/h3-6,11-12H,2,7-8H2,1H3,(H,15,16)(H,17,18)/t12-/m0/s1. The monoisotopic (exact) mass is 247 g/mol. The van der Waals surface area contributed by atoms with Crippen molar-refractivity contribution in [2.75, 3.05) is 0 Å². The lowest BCUT2D eigenvalue weighted by atomic mass is 10.0. The van der Waals surface area contributed by atoms with Gasteiger partial charge >= 0.3 is 5.97 Å². The van der Waals surface area contributed by atoms with Crippen molar-refractivity contribution in [2.45, 2.75) is 32.2 Å². The highest BCUT2D eigenvalue weighted by Crippen LogP contribution is 2.26. The Morgan fingerprint density at radius 3 is 2.33 bits per heavy atom. The van der Waals surface area contributed by atoms with E-state index in [0.29, 0.717) is 19.3 Å². The summed E-state index contributed by atoms with van der Waals surface area (Å²) in [7, 11) is 0. The molecule has 1 amide bonds. The Kier molecular flexibility index (Phi) is 3.65. The van der Waals surface area contributed by atoms with E-state index in [9.17, 15) is 9.59 Å². The van der Waals surface area contributed by atoms with Gasteiger partial charge in [-0.05, 0) is 30.4 Å². The molecule has 0 bridgehead atoms. The van der Waals surface area contributed by atoms with Crippen molar-refractivity contribution < 1.29 is 14.7 Å². The van der Waals surface area contributed by atoms with E-state index in [2.05, 4.69) is 5.32 Å². The summed E-state index contributed by atoms with van der Waals surface area (Å²) in [4.78, 5) is 22.9. The first-order valence-electron chi connectivity index (χ1n) is 6.21. The number of carbonyl (C=O) groups is 2. The second kappa shape index (κ2) is 5.21. The van der Waals surface area contributed by atoms with Crippen LogP contribution in [0.1, 0.15) is 24.5 Å². The summed E-state index contributed by atoms with van der Waals surface area (Å²) in [6, 6.07) is 7.20. The van der Waals surface area contributed by atoms with E-state index in [1.165, 1.54) is 11.1 Å². The normalized spacial score (nSPS) is 16.1. The van der Waals surface area contributed by atoms with Gasteiger partial charge in [0.1, 0.15) is 6.04 Å². The highest BCUT2D eigenvalue weighted by atomic mass is 16.4. The molecule has 96 valence electrons. The average Bonchev–Trinajstić information content (AvgIpc) is 2.79. The third-order valence-electron chi connectivity index (χ3n) is 3.44. The van der Waals surface area contributed by atoms with Crippen LogP contribution in [0.3, 0.4) is 0 Å². The first-order valence-corrected chi connectivity index (χ1v) is 6.21. The van der Waals surface area contributed by atoms with Gasteiger partial charge in [-0.15, -0.1) is 0 Å². The van der Waals surface area contributed by atoms with E-state index < -0.39 is 12.0 Å². The van der Waals surface area contributed by atoms with E-state index in [1.54, 1.807) is 6.92 Å². The number of carboxylic acid groups (broad SMARTS) is 1. The zero-order valence-electron chi connectivity index (χ0n) is 10.3. The van der Waals surface area contributed by atoms with Crippen LogP contribution in [0.25, 0.3) is 0 Å². The Bertz CT molecular complexity index is 445. The first-order chi connectivity index (χ1) is 8.61. The van der Waals surface area contributed by atoms with Crippen molar-refractivity contribution in [3.05, 3.63) is 35.4 Å². The number of rotatable bonds is 4. The molecule has 0 aliphatic heterocycles. The maximum Gasteiger partial charge on any atom is 0.326 e. The lowest BCUT2D eigenvalue weighted by Gasteiger charge is -2.15. The minimum Gasteiger partial charge on any atom is -0.480 e. The van der Waals surface area contributed by atoms with Gasteiger partial charge < -0.3 is 10.4 Å². The van der Waals surface area contributed by atoms with Crippen molar-refractivity contribution in [1.82, 2.24) is 5.32 Å². The van der Waals surface area contributed by atoms with E-state index in [0.717, 1.165) is 0 Å². The van der Waals surface area contributed by atoms with Crippen molar-refractivity contribution in [3.63, 3.8) is 0 Å². The SMILES string of the molecule is CC[C@H](NC(=O)C1Cc2ccccc2C1)C(=O)O. The quantitative estimate of drug-likeness (QED) is 0.844. The first kappa shape index (κ1) is 12.6. The van der Waals surface area contributed by atoms with E-state index >= 15 is 0 Å². The van der Waals surface area contributed by atoms with Gasteiger partial charge in [0, 0.05) is 5.92 Å². The number of hydrogen-bond donors (Lipinski definition) is 2. The molecule has 0 saturated carbocycles. The third kappa shape index (κ3) is 2.53. The van der Waals surface area contributed by atoms with Crippen molar-refractivity contribution in [2.24, 2.45) is 5.92 Å². The second-order valence-electron chi connectivity index (χ2n) is 4.68. The highest BCUT2D eigenvalue weighted by Gasteiger charge is 2.29. The molecular formula is C14H17NO3. The topological polar surface area (TPSA) is 66.4 Å². The molecule has 1 aliphatic carbocycles. The molecule has 0 unspecified atom stereocenters. The molecule has 0 spiro atoms. The van der Waals surface area contributed by atoms with Gasteiger partial charge in [0.05, 0.1) is 0 Å². The van der Waals surface area contributed by atoms with Crippen LogP contribution in [0.15, 0.2) is 24.3 Å². The van der Waals surface area contributed by atoms with Gasteiger partial charge in [-0.3, -0.25) is 4.79 Å². The number of hydrogen-bond acceptors (Lipinski definition) is 2. The Labute approximate surface area is 106 Å². The van der Waals surface area contributed by atoms with Crippen LogP contribution in [0.2, 0.25) is 0 Å². The molecule has 0 fully saturated rings. The van der Waals surface area contributed by atoms with Crippen LogP contribution in [0.5, 0.6) is 0 Å². The summed E-state index contributed by atoms with van der Waals surface area (Å²) < 4.78 is 0. The molecule has 4 heteroatoms. The number of benzene rings is 1. The fourth-order valence-electron chi connectivity index (χ4n) is 2.37. The fourth-order valence-corrected chi connectivity index (χ4v) is 2.37. The summed E-state index contributed by atoms with van der Waals surface area (Å²) in [5, 5.41) is 11.5. The highest BCUT2D eigenvalue weighted by molar-refractivity contribution is 5.85. The summed E-state index contributed by atoms with van der Waals surface area (Å²) in [6.45, 7) is 1.75. The van der Waals surface area contributed by atoms with Gasteiger partial charge in [0.2, 0.25) is 5.91 Å². The van der Waals surface area contributed by atoms with Crippen LogP contribution in [-0.2, 0) is 22.4 Å². The Balaban J connectivity index is 1.99. The van der Waals surface area contributed by atoms with Gasteiger partial charge in [-0.2, -0.15) is 0 Å². The molecule has 1 atom stereocenters. The number of aliphatic carboxylic acids is 1. The van der Waals surface area contributed by atoms with E-state index in [4.69, 9.17) is 5.11 Å². The number of carboxylic acids is 1. The molecule has 0 aromatic heterocycles. The van der Waals surface area contributed by atoms with Crippen molar-refractivity contribution >= 4 is 11.9 Å². The minimum atomic E-state index is -0.971. The number of fused-ring (bicyclic) bond motifs is 1. The largest absolute Gasteiger partial charge is 0.480 e. The summed E-state index contributed by atoms with van der Waals surface area (Å²) in [5.74, 6) is -1.25. The van der Waals surface area contributed by atoms with Crippen molar-refractivity contribution in [1.29, 1.82) is 0 Å². The fraction of sp³-hybridized carbons (Fsp3) is 0.429. The maximum absolute atomic E-state index is 12.0. The third-order valence-corrected chi connectivity index (χ3v) is 3.44. The second-order valence-corrected chi connectivity index (χ2v) is 4.68. The Morgan fingerprint density at radius 2 is 1.89 bits per heavy atom.